The summed E-state index contributed by atoms with van der Waals surface area (Å²) < 4.78 is 116. The minimum Gasteiger partial charge on any atom is -0.268 e. The molecule has 10 rings (SSSR count). The van der Waals surface area contributed by atoms with Gasteiger partial charge in [-0.1, -0.05) is 60.7 Å². The van der Waals surface area contributed by atoms with Gasteiger partial charge in [-0.05, 0) is 179 Å². The van der Waals surface area contributed by atoms with E-state index >= 15 is 0 Å². The molecule has 6 nitrogen and oxygen atoms in total. The molecule has 0 atom stereocenters. The molecule has 0 saturated carbocycles. The van der Waals surface area contributed by atoms with Crippen molar-refractivity contribution in [2.24, 2.45) is 0 Å². The van der Waals surface area contributed by atoms with E-state index in [4.69, 9.17) is 0 Å². The first-order valence-corrected chi connectivity index (χ1v) is 22.5. The van der Waals surface area contributed by atoms with Crippen molar-refractivity contribution in [2.75, 3.05) is 9.80 Å². The maximum Gasteiger partial charge on any atom is 0.269 e. The van der Waals surface area contributed by atoms with Gasteiger partial charge in [0.25, 0.3) is 23.6 Å². The largest absolute Gasteiger partial charge is 0.269 e. The average Bonchev–Trinajstić information content (AvgIpc) is 3.74. The summed E-state index contributed by atoms with van der Waals surface area (Å²) in [6, 6.07) is 27.2. The van der Waals surface area contributed by atoms with E-state index in [-0.39, 0.29) is 11.4 Å². The molecule has 0 spiro atoms. The summed E-state index contributed by atoms with van der Waals surface area (Å²) in [6.45, 7) is 14.5. The van der Waals surface area contributed by atoms with Crippen molar-refractivity contribution >= 4 is 45.8 Å². The van der Waals surface area contributed by atoms with Crippen molar-refractivity contribution < 1.29 is 54.3 Å². The molecule has 8 aromatic rings. The molecule has 360 valence electrons. The van der Waals surface area contributed by atoms with Crippen molar-refractivity contribution in [3.63, 3.8) is 0 Å². The number of aryl methyl sites for hydroxylation is 8. The third-order valence-corrected chi connectivity index (χ3v) is 13.8. The summed E-state index contributed by atoms with van der Waals surface area (Å²) in [7, 11) is 0. The van der Waals surface area contributed by atoms with Crippen LogP contribution >= 0.6 is 0 Å². The molecule has 0 bridgehead atoms. The number of rotatable bonds is 6. The lowest BCUT2D eigenvalue weighted by Gasteiger charge is -2.22. The molecular formula is C58H38F8N2O4. The zero-order valence-electron chi connectivity index (χ0n) is 39.6. The summed E-state index contributed by atoms with van der Waals surface area (Å²) in [5.41, 5.74) is 7.84. The molecule has 14 heteroatoms. The second kappa shape index (κ2) is 16.7. The third kappa shape index (κ3) is 6.75. The fourth-order valence-corrected chi connectivity index (χ4v) is 10.9. The van der Waals surface area contributed by atoms with Crippen LogP contribution in [-0.2, 0) is 0 Å². The normalized spacial score (nSPS) is 13.3. The van der Waals surface area contributed by atoms with Gasteiger partial charge in [0.05, 0.1) is 33.6 Å². The average molecular weight is 979 g/mol. The van der Waals surface area contributed by atoms with E-state index < -0.39 is 92.4 Å². The number of hydrogen-bond donors (Lipinski definition) is 0. The van der Waals surface area contributed by atoms with Gasteiger partial charge in [0.1, 0.15) is 0 Å². The van der Waals surface area contributed by atoms with E-state index in [1.165, 1.54) is 0 Å². The summed E-state index contributed by atoms with van der Waals surface area (Å²) in [5, 5.41) is 1.98. The van der Waals surface area contributed by atoms with E-state index in [1.54, 1.807) is 52.0 Å². The Morgan fingerprint density at radius 3 is 0.750 bits per heavy atom. The smallest absolute Gasteiger partial charge is 0.268 e. The summed E-state index contributed by atoms with van der Waals surface area (Å²) in [5.74, 6) is -21.7. The Morgan fingerprint density at radius 1 is 0.292 bits per heavy atom. The summed E-state index contributed by atoms with van der Waals surface area (Å²) in [4.78, 5) is 54.5. The first kappa shape index (κ1) is 47.4. The van der Waals surface area contributed by atoms with Crippen LogP contribution in [0.5, 0.6) is 0 Å². The maximum absolute atomic E-state index is 14.8. The Hall–Kier alpha value is -8.26. The van der Waals surface area contributed by atoms with Crippen molar-refractivity contribution in [1.29, 1.82) is 0 Å². The number of benzene rings is 8. The first-order chi connectivity index (χ1) is 34.0. The van der Waals surface area contributed by atoms with Crippen LogP contribution in [0.25, 0.3) is 55.3 Å². The summed E-state index contributed by atoms with van der Waals surface area (Å²) >= 11 is 0. The monoisotopic (exact) mass is 978 g/mol. The molecule has 2 aliphatic heterocycles. The van der Waals surface area contributed by atoms with Gasteiger partial charge in [0, 0.05) is 0 Å². The molecule has 0 saturated heterocycles. The quantitative estimate of drug-likeness (QED) is 0.0720. The van der Waals surface area contributed by atoms with E-state index in [0.717, 1.165) is 77.5 Å². The van der Waals surface area contributed by atoms with Gasteiger partial charge in [-0.15, -0.1) is 0 Å². The van der Waals surface area contributed by atoms with Gasteiger partial charge in [0.15, 0.2) is 46.5 Å². The van der Waals surface area contributed by atoms with Crippen LogP contribution in [0.3, 0.4) is 0 Å². The molecule has 0 unspecified atom stereocenters. The molecule has 0 radical (unpaired) electrons. The number of carbonyl (C=O) groups is 4. The van der Waals surface area contributed by atoms with Crippen molar-refractivity contribution in [3.8, 4) is 44.5 Å². The van der Waals surface area contributed by atoms with Crippen molar-refractivity contribution in [3.05, 3.63) is 198 Å². The highest BCUT2D eigenvalue weighted by Crippen LogP contribution is 2.45. The number of fused-ring (bicyclic) bond motifs is 3. The fraction of sp³-hybridized carbons (Fsp3) is 0.138. The third-order valence-electron chi connectivity index (χ3n) is 13.8. The number of halogens is 8. The molecule has 2 heterocycles. The number of carbonyl (C=O) groups excluding carboxylic acids is 4. The van der Waals surface area contributed by atoms with E-state index in [2.05, 4.69) is 24.3 Å². The fourth-order valence-electron chi connectivity index (χ4n) is 10.9. The second-order valence-corrected chi connectivity index (χ2v) is 18.5. The van der Waals surface area contributed by atoms with Gasteiger partial charge in [0.2, 0.25) is 0 Å². The Balaban J connectivity index is 0.970. The van der Waals surface area contributed by atoms with Crippen LogP contribution < -0.4 is 9.80 Å². The number of imide groups is 2. The first-order valence-electron chi connectivity index (χ1n) is 22.5. The SMILES string of the molecule is Cc1cc(-c2cc(C)c(N3C(=O)c4c(F)c(F)c(F)c(F)c4C3=O)c(C)c2)cc(C)c1-c1cccc2c(-c3c(C)cc(-c4cc(C)c(N5C(=O)c6c(F)c(F)c(F)c(F)c6C5=O)c(C)c4)cc3C)cccc12. The van der Waals surface area contributed by atoms with Crippen LogP contribution in [0, 0.1) is 102 Å². The lowest BCUT2D eigenvalue weighted by atomic mass is 9.85. The maximum atomic E-state index is 14.8. The Kier molecular flexibility index (Phi) is 11.0. The van der Waals surface area contributed by atoms with Crippen LogP contribution in [0.4, 0.5) is 46.5 Å². The van der Waals surface area contributed by atoms with E-state index in [1.807, 2.05) is 64.1 Å². The highest BCUT2D eigenvalue weighted by molar-refractivity contribution is 6.36. The van der Waals surface area contributed by atoms with Crippen LogP contribution in [0.1, 0.15) is 85.9 Å². The number of anilines is 2. The highest BCUT2D eigenvalue weighted by atomic mass is 19.2. The topological polar surface area (TPSA) is 74.8 Å². The molecule has 8 aromatic carbocycles. The van der Waals surface area contributed by atoms with Crippen LogP contribution in [0.15, 0.2) is 84.9 Å². The van der Waals surface area contributed by atoms with E-state index in [0.29, 0.717) is 32.1 Å². The van der Waals surface area contributed by atoms with Crippen LogP contribution in [0.2, 0.25) is 0 Å². The molecule has 0 aliphatic carbocycles. The second-order valence-electron chi connectivity index (χ2n) is 18.5. The molecule has 0 N–H and O–H groups in total. The lowest BCUT2D eigenvalue weighted by Crippen LogP contribution is -2.31. The van der Waals surface area contributed by atoms with Gasteiger partial charge < -0.3 is 0 Å². The molecule has 0 fully saturated rings. The summed E-state index contributed by atoms with van der Waals surface area (Å²) in [6.07, 6.45) is 0. The van der Waals surface area contributed by atoms with Crippen molar-refractivity contribution in [2.45, 2.75) is 55.4 Å². The molecule has 0 aromatic heterocycles. The Bertz CT molecular complexity index is 3440. The minimum atomic E-state index is -2.18. The number of hydrogen-bond acceptors (Lipinski definition) is 4. The highest BCUT2D eigenvalue weighted by Gasteiger charge is 2.47. The molecular weight excluding hydrogens is 941 g/mol. The minimum absolute atomic E-state index is 0.0442. The molecule has 2 aliphatic rings. The predicted octanol–water partition coefficient (Wildman–Crippen LogP) is 14.7. The van der Waals surface area contributed by atoms with Gasteiger partial charge >= 0.3 is 0 Å². The van der Waals surface area contributed by atoms with Gasteiger partial charge in [-0.25, -0.2) is 44.9 Å². The van der Waals surface area contributed by atoms with Gasteiger partial charge in [-0.3, -0.25) is 19.2 Å². The lowest BCUT2D eigenvalue weighted by molar-refractivity contribution is 0.0907. The number of nitrogens with zero attached hydrogens (tertiary/aromatic N) is 2. The zero-order chi connectivity index (χ0) is 51.8. The van der Waals surface area contributed by atoms with Gasteiger partial charge in [-0.2, -0.15) is 0 Å². The molecule has 4 amide bonds. The molecule has 72 heavy (non-hydrogen) atoms. The zero-order valence-corrected chi connectivity index (χ0v) is 39.6. The standard InChI is InChI=1S/C58H38F8N2O4/c1-23-15-31(33-19-27(5)53(28(6)20-33)67-55(69)41-42(56(67)70)46(60)50(64)49(63)45(41)59)16-24(2)39(23)37-13-9-12-36-35(37)11-10-14-38(36)40-25(3)17-32(18-26(40)4)34-21-29(7)54(30(8)22-34)68-57(71)43-44(58(68)72)48(62)52(66)51(65)47(43)61/h9-22H,1-8H3. The van der Waals surface area contributed by atoms with Crippen molar-refractivity contribution in [1.82, 2.24) is 0 Å². The van der Waals surface area contributed by atoms with Crippen LogP contribution in [-0.4, -0.2) is 23.6 Å². The number of amides is 4. The Labute approximate surface area is 406 Å². The Morgan fingerprint density at radius 2 is 0.514 bits per heavy atom. The predicted molar refractivity (Wildman–Crippen MR) is 258 cm³/mol. The van der Waals surface area contributed by atoms with E-state index in [9.17, 15) is 54.3 Å².